The lowest BCUT2D eigenvalue weighted by Crippen LogP contribution is -2.49. The fourth-order valence-corrected chi connectivity index (χ4v) is 7.15. The molecule has 224 valence electrons. The number of imide groups is 1. The third-order valence-corrected chi connectivity index (χ3v) is 9.26. The van der Waals surface area contributed by atoms with Gasteiger partial charge in [-0.2, -0.15) is 0 Å². The van der Waals surface area contributed by atoms with Crippen LogP contribution in [0.5, 0.6) is 0 Å². The van der Waals surface area contributed by atoms with Gasteiger partial charge in [0.15, 0.2) is 6.23 Å². The van der Waals surface area contributed by atoms with Gasteiger partial charge in [-0.3, -0.25) is 28.8 Å². The van der Waals surface area contributed by atoms with Crippen molar-refractivity contribution in [3.8, 4) is 0 Å². The average Bonchev–Trinajstić information content (AvgIpc) is 3.52. The Kier molecular flexibility index (Phi) is 8.73. The van der Waals surface area contributed by atoms with E-state index >= 15 is 0 Å². The SMILES string of the molecule is [C-]#[N+]CCOP(OC1[C@@H]2OC[C@]1(CON1C(=O)c3ccccc3C1=O)O[C@H]2n1ccc(=O)[nH]c1=O)N(C(C)C)C(C)C. The molecule has 2 bridgehead atoms. The molecule has 3 aliphatic rings. The molecular weight excluding hydrogens is 569 g/mol. The molecule has 3 aliphatic heterocycles. The summed E-state index contributed by atoms with van der Waals surface area (Å²) in [6.45, 7) is 15.0. The van der Waals surface area contributed by atoms with Crippen molar-refractivity contribution in [3.05, 3.63) is 79.9 Å². The molecule has 0 saturated carbocycles. The zero-order chi connectivity index (χ0) is 30.2. The van der Waals surface area contributed by atoms with Gasteiger partial charge in [0, 0.05) is 24.3 Å². The monoisotopic (exact) mass is 601 g/mol. The van der Waals surface area contributed by atoms with Gasteiger partial charge in [-0.25, -0.2) is 16.0 Å². The molecule has 2 unspecified atom stereocenters. The number of nitrogens with zero attached hydrogens (tertiary/aromatic N) is 4. The fraction of sp³-hybridized carbons (Fsp3) is 0.519. The first-order valence-corrected chi connectivity index (χ1v) is 14.6. The Hall–Kier alpha value is -3.28. The van der Waals surface area contributed by atoms with E-state index in [-0.39, 0.29) is 49.6 Å². The quantitative estimate of drug-likeness (QED) is 0.166. The number of carbonyl (C=O) groups is 2. The Balaban J connectivity index is 1.47. The largest absolute Gasteiger partial charge is 0.367 e. The molecule has 2 amide bonds. The Labute approximate surface area is 242 Å². The van der Waals surface area contributed by atoms with Gasteiger partial charge in [0.05, 0.1) is 17.7 Å². The van der Waals surface area contributed by atoms with Crippen molar-refractivity contribution in [1.29, 1.82) is 0 Å². The molecule has 2 saturated heterocycles. The zero-order valence-corrected chi connectivity index (χ0v) is 24.5. The van der Waals surface area contributed by atoms with Crippen LogP contribution in [0.1, 0.15) is 54.6 Å². The standard InChI is InChI=1S/C27H32N5O9P/c1-16(2)32(17(3)4)42(39-13-11-28-5)41-22-21-25(30-12-10-20(33)29-26(30)36)40-27(22,14-37-21)15-38-31-23(34)18-8-6-7-9-19(18)24(31)35/h6-10,12,16-17,21-22,25H,11,13-15H2,1-4H3,(H,29,33,36)/t21-,22?,25+,27+,42?/m0/s1. The summed E-state index contributed by atoms with van der Waals surface area (Å²) >= 11 is 0. The van der Waals surface area contributed by atoms with E-state index in [1.54, 1.807) is 24.3 Å². The molecule has 0 radical (unpaired) electrons. The molecule has 2 fully saturated rings. The number of nitrogens with one attached hydrogen (secondary N) is 1. The Bertz CT molecular complexity index is 1460. The minimum Gasteiger partial charge on any atom is -0.367 e. The Morgan fingerprint density at radius 3 is 2.38 bits per heavy atom. The summed E-state index contributed by atoms with van der Waals surface area (Å²) in [5.74, 6) is -1.22. The summed E-state index contributed by atoms with van der Waals surface area (Å²) in [5, 5.41) is 0.691. The summed E-state index contributed by atoms with van der Waals surface area (Å²) in [5.41, 5.74) is -2.21. The van der Waals surface area contributed by atoms with Gasteiger partial charge in [-0.05, 0) is 39.8 Å². The highest BCUT2D eigenvalue weighted by molar-refractivity contribution is 7.44. The summed E-state index contributed by atoms with van der Waals surface area (Å²) in [6, 6.07) is 7.60. The van der Waals surface area contributed by atoms with Crippen molar-refractivity contribution in [3.63, 3.8) is 0 Å². The molecule has 2 aromatic rings. The van der Waals surface area contributed by atoms with E-state index in [1.807, 2.05) is 32.4 Å². The lowest BCUT2D eigenvalue weighted by Gasteiger charge is -2.38. The maximum Gasteiger partial charge on any atom is 0.330 e. The molecule has 5 atom stereocenters. The molecule has 5 rings (SSSR count). The van der Waals surface area contributed by atoms with E-state index in [1.165, 1.54) is 16.8 Å². The van der Waals surface area contributed by atoms with Gasteiger partial charge >= 0.3 is 5.69 Å². The van der Waals surface area contributed by atoms with Crippen molar-refractivity contribution in [1.82, 2.24) is 19.3 Å². The minimum absolute atomic E-state index is 0.00751. The van der Waals surface area contributed by atoms with Crippen LogP contribution >= 0.6 is 8.53 Å². The van der Waals surface area contributed by atoms with Crippen LogP contribution in [0.4, 0.5) is 0 Å². The predicted molar refractivity (Wildman–Crippen MR) is 148 cm³/mol. The molecule has 42 heavy (non-hydrogen) atoms. The van der Waals surface area contributed by atoms with Crippen molar-refractivity contribution < 1.29 is 32.9 Å². The number of H-pyrrole nitrogens is 1. The van der Waals surface area contributed by atoms with Crippen LogP contribution in [0.2, 0.25) is 0 Å². The van der Waals surface area contributed by atoms with Crippen molar-refractivity contribution in [2.24, 2.45) is 0 Å². The molecule has 14 nitrogen and oxygen atoms in total. The van der Waals surface area contributed by atoms with Gasteiger partial charge in [0.1, 0.15) is 31.0 Å². The Morgan fingerprint density at radius 2 is 1.79 bits per heavy atom. The van der Waals surface area contributed by atoms with Crippen molar-refractivity contribution in [2.75, 3.05) is 26.4 Å². The number of carbonyl (C=O) groups excluding carboxylic acids is 2. The Morgan fingerprint density at radius 1 is 1.12 bits per heavy atom. The lowest BCUT2D eigenvalue weighted by molar-refractivity contribution is -0.218. The zero-order valence-electron chi connectivity index (χ0n) is 23.6. The lowest BCUT2D eigenvalue weighted by atomic mass is 10.0. The van der Waals surface area contributed by atoms with Crippen LogP contribution < -0.4 is 11.2 Å². The highest BCUT2D eigenvalue weighted by Crippen LogP contribution is 2.55. The number of aromatic nitrogens is 2. The molecule has 1 N–H and O–H groups in total. The second-order valence-electron chi connectivity index (χ2n) is 10.6. The van der Waals surface area contributed by atoms with Crippen molar-refractivity contribution in [2.45, 2.75) is 63.8 Å². The van der Waals surface area contributed by atoms with Crippen LogP contribution in [0.25, 0.3) is 4.85 Å². The summed E-state index contributed by atoms with van der Waals surface area (Å²) < 4.78 is 28.5. The number of rotatable bonds is 12. The highest BCUT2D eigenvalue weighted by Gasteiger charge is 2.65. The normalized spacial score (nSPS) is 25.6. The number of hydrogen-bond acceptors (Lipinski definition) is 10. The van der Waals surface area contributed by atoms with E-state index in [0.717, 1.165) is 0 Å². The first kappa shape index (κ1) is 30.2. The number of ether oxygens (including phenoxy) is 2. The third kappa shape index (κ3) is 5.45. The molecule has 4 heterocycles. The molecule has 0 aliphatic carbocycles. The maximum absolute atomic E-state index is 13.0. The van der Waals surface area contributed by atoms with Gasteiger partial charge in [0.25, 0.3) is 25.9 Å². The first-order valence-electron chi connectivity index (χ1n) is 13.5. The van der Waals surface area contributed by atoms with E-state index in [0.29, 0.717) is 5.06 Å². The number of amides is 2. The number of hydrogen-bond donors (Lipinski definition) is 1. The smallest absolute Gasteiger partial charge is 0.330 e. The fourth-order valence-electron chi connectivity index (χ4n) is 5.35. The molecule has 15 heteroatoms. The van der Waals surface area contributed by atoms with E-state index in [4.69, 9.17) is 29.9 Å². The topological polar surface area (TPSA) is 146 Å². The molecule has 0 spiro atoms. The number of fused-ring (bicyclic) bond motifs is 3. The van der Waals surface area contributed by atoms with Crippen LogP contribution in [-0.4, -0.2) is 87.4 Å². The minimum atomic E-state index is -1.77. The van der Waals surface area contributed by atoms with Crippen LogP contribution in [0.15, 0.2) is 46.1 Å². The molecule has 1 aromatic heterocycles. The van der Waals surface area contributed by atoms with E-state index in [2.05, 4.69) is 9.83 Å². The second-order valence-corrected chi connectivity index (χ2v) is 12.0. The highest BCUT2D eigenvalue weighted by atomic mass is 31.2. The summed E-state index contributed by atoms with van der Waals surface area (Å²) in [7, 11) is -1.77. The summed E-state index contributed by atoms with van der Waals surface area (Å²) in [4.78, 5) is 61.8. The van der Waals surface area contributed by atoms with Crippen LogP contribution in [-0.2, 0) is 23.4 Å². The van der Waals surface area contributed by atoms with E-state index in [9.17, 15) is 19.2 Å². The third-order valence-electron chi connectivity index (χ3n) is 7.15. The first-order chi connectivity index (χ1) is 20.1. The second kappa shape index (κ2) is 12.1. The van der Waals surface area contributed by atoms with Crippen LogP contribution in [0.3, 0.4) is 0 Å². The number of benzene rings is 1. The van der Waals surface area contributed by atoms with Gasteiger partial charge < -0.3 is 23.4 Å². The van der Waals surface area contributed by atoms with Crippen molar-refractivity contribution >= 4 is 20.3 Å². The maximum atomic E-state index is 13.0. The van der Waals surface area contributed by atoms with E-state index < -0.39 is 55.6 Å². The molecule has 1 aromatic carbocycles. The van der Waals surface area contributed by atoms with Gasteiger partial charge in [-0.15, -0.1) is 5.06 Å². The van der Waals surface area contributed by atoms with Gasteiger partial charge in [-0.1, -0.05) is 12.1 Å². The predicted octanol–water partition coefficient (Wildman–Crippen LogP) is 2.10. The van der Waals surface area contributed by atoms with Crippen LogP contribution in [0, 0.1) is 6.57 Å². The summed E-state index contributed by atoms with van der Waals surface area (Å²) in [6.07, 6.45) is -1.44. The molecular formula is C27H32N5O9P. The average molecular weight is 602 g/mol. The number of aromatic amines is 1. The van der Waals surface area contributed by atoms with Gasteiger partial charge in [0.2, 0.25) is 6.54 Å². The number of hydroxylamine groups is 2.